The highest BCUT2D eigenvalue weighted by Crippen LogP contribution is 2.25. The van der Waals surface area contributed by atoms with E-state index in [1.165, 1.54) is 17.0 Å². The number of anilines is 2. The fourth-order valence-corrected chi connectivity index (χ4v) is 3.89. The molecular weight excluding hydrogens is 469 g/mol. The van der Waals surface area contributed by atoms with Crippen LogP contribution in [-0.2, 0) is 11.2 Å². The Labute approximate surface area is 215 Å². The summed E-state index contributed by atoms with van der Waals surface area (Å²) < 4.78 is 15.1. The molecule has 190 valence electrons. The molecule has 0 radical (unpaired) electrons. The van der Waals surface area contributed by atoms with Gasteiger partial charge in [0.2, 0.25) is 5.91 Å². The average molecular weight is 500 g/mol. The van der Waals surface area contributed by atoms with Crippen LogP contribution in [-0.4, -0.2) is 39.2 Å². The first kappa shape index (κ1) is 25.6. The van der Waals surface area contributed by atoms with E-state index in [9.17, 15) is 14.0 Å². The minimum atomic E-state index is -0.381. The number of hydrogen-bond acceptors (Lipinski definition) is 3. The average Bonchev–Trinajstić information content (AvgIpc) is 3.31. The van der Waals surface area contributed by atoms with Gasteiger partial charge < -0.3 is 15.5 Å². The number of amides is 3. The largest absolute Gasteiger partial charge is 0.322 e. The van der Waals surface area contributed by atoms with Crippen LogP contribution in [0, 0.1) is 5.82 Å². The molecule has 8 heteroatoms. The number of nitrogens with zero attached hydrogens (tertiary/aromatic N) is 3. The molecule has 37 heavy (non-hydrogen) atoms. The molecule has 4 aromatic rings. The molecule has 1 aromatic heterocycles. The van der Waals surface area contributed by atoms with Crippen LogP contribution in [0.25, 0.3) is 16.9 Å². The normalized spacial score (nSPS) is 10.8. The van der Waals surface area contributed by atoms with Crippen LogP contribution < -0.4 is 10.6 Å². The Morgan fingerprint density at radius 3 is 2.35 bits per heavy atom. The van der Waals surface area contributed by atoms with Gasteiger partial charge in [-0.05, 0) is 62.2 Å². The molecule has 0 saturated heterocycles. The van der Waals surface area contributed by atoms with E-state index in [2.05, 4.69) is 15.7 Å². The fourth-order valence-electron chi connectivity index (χ4n) is 3.89. The van der Waals surface area contributed by atoms with Crippen LogP contribution in [0.15, 0.2) is 84.9 Å². The van der Waals surface area contributed by atoms with E-state index in [4.69, 9.17) is 0 Å². The van der Waals surface area contributed by atoms with Crippen molar-refractivity contribution in [2.75, 3.05) is 17.2 Å². The molecule has 4 rings (SSSR count). The third-order valence-corrected chi connectivity index (χ3v) is 5.90. The molecule has 0 atom stereocenters. The lowest BCUT2D eigenvalue weighted by Gasteiger charge is -2.26. The van der Waals surface area contributed by atoms with Crippen molar-refractivity contribution in [2.24, 2.45) is 0 Å². The first-order valence-electron chi connectivity index (χ1n) is 12.2. The van der Waals surface area contributed by atoms with Crippen LogP contribution in [0.5, 0.6) is 0 Å². The molecule has 0 fully saturated rings. The van der Waals surface area contributed by atoms with Crippen molar-refractivity contribution >= 4 is 23.4 Å². The molecule has 0 unspecified atom stereocenters. The van der Waals surface area contributed by atoms with Crippen LogP contribution >= 0.6 is 0 Å². The molecule has 7 nitrogen and oxygen atoms in total. The predicted octanol–water partition coefficient (Wildman–Crippen LogP) is 6.12. The summed E-state index contributed by atoms with van der Waals surface area (Å²) >= 11 is 0. The van der Waals surface area contributed by atoms with E-state index in [0.29, 0.717) is 22.9 Å². The number of carbonyl (C=O) groups excluding carboxylic acids is 2. The van der Waals surface area contributed by atoms with E-state index < -0.39 is 0 Å². The summed E-state index contributed by atoms with van der Waals surface area (Å²) in [6.07, 6.45) is 0.854. The van der Waals surface area contributed by atoms with Gasteiger partial charge in [0.15, 0.2) is 0 Å². The van der Waals surface area contributed by atoms with Crippen LogP contribution in [0.4, 0.5) is 20.7 Å². The highest BCUT2D eigenvalue weighted by Gasteiger charge is 2.22. The lowest BCUT2D eigenvalue weighted by molar-refractivity contribution is -0.117. The fraction of sp³-hybridized carbons (Fsp3) is 0.207. The highest BCUT2D eigenvalue weighted by atomic mass is 19.1. The Kier molecular flexibility index (Phi) is 7.98. The summed E-state index contributed by atoms with van der Waals surface area (Å²) in [6, 6.07) is 24.2. The van der Waals surface area contributed by atoms with E-state index >= 15 is 0 Å². The van der Waals surface area contributed by atoms with Gasteiger partial charge in [-0.2, -0.15) is 5.10 Å². The van der Waals surface area contributed by atoms with E-state index in [1.54, 1.807) is 22.9 Å². The van der Waals surface area contributed by atoms with Gasteiger partial charge in [0.25, 0.3) is 0 Å². The quantitative estimate of drug-likeness (QED) is 0.306. The minimum Gasteiger partial charge on any atom is -0.313 e. The zero-order valence-electron chi connectivity index (χ0n) is 21.1. The molecule has 0 aliphatic carbocycles. The molecule has 3 aromatic carbocycles. The zero-order valence-corrected chi connectivity index (χ0v) is 21.1. The van der Waals surface area contributed by atoms with Gasteiger partial charge in [0.05, 0.1) is 11.4 Å². The Balaban J connectivity index is 1.55. The number of aromatic nitrogens is 2. The summed E-state index contributed by atoms with van der Waals surface area (Å²) in [5, 5.41) is 10.4. The molecule has 0 aliphatic rings. The zero-order chi connectivity index (χ0) is 26.4. The van der Waals surface area contributed by atoms with Crippen LogP contribution in [0.2, 0.25) is 0 Å². The van der Waals surface area contributed by atoms with Crippen molar-refractivity contribution in [3.8, 4) is 16.9 Å². The van der Waals surface area contributed by atoms with Crippen molar-refractivity contribution in [2.45, 2.75) is 33.2 Å². The third kappa shape index (κ3) is 6.41. The monoisotopic (exact) mass is 499 g/mol. The maximum atomic E-state index is 13.5. The van der Waals surface area contributed by atoms with Crippen molar-refractivity contribution in [3.05, 3.63) is 96.3 Å². The molecule has 0 spiro atoms. The van der Waals surface area contributed by atoms with E-state index in [-0.39, 0.29) is 30.3 Å². The maximum absolute atomic E-state index is 13.5. The lowest BCUT2D eigenvalue weighted by Crippen LogP contribution is -2.44. The minimum absolute atomic E-state index is 0.160. The Hall–Kier alpha value is -4.46. The maximum Gasteiger partial charge on any atom is 0.322 e. The smallest absolute Gasteiger partial charge is 0.313 e. The Morgan fingerprint density at radius 2 is 1.68 bits per heavy atom. The molecule has 1 heterocycles. The number of urea groups is 1. The number of nitrogens with one attached hydrogen (secondary N) is 2. The van der Waals surface area contributed by atoms with Crippen LogP contribution in [0.3, 0.4) is 0 Å². The van der Waals surface area contributed by atoms with Crippen molar-refractivity contribution in [3.63, 3.8) is 0 Å². The molecule has 2 N–H and O–H groups in total. The summed E-state index contributed by atoms with van der Waals surface area (Å²) in [6.45, 7) is 5.59. The SMILES string of the molecule is CCc1cccc(NC(=O)N(CC(=O)Nc2cc(-c3ccccc3)nn2-c2ccc(F)cc2)C(C)C)c1. The second kappa shape index (κ2) is 11.5. The number of halogens is 1. The molecule has 0 bridgehead atoms. The van der Waals surface area contributed by atoms with Gasteiger partial charge in [-0.1, -0.05) is 49.4 Å². The third-order valence-electron chi connectivity index (χ3n) is 5.90. The standard InChI is InChI=1S/C29H30FN5O2/c1-4-21-9-8-12-24(17-21)31-29(37)34(20(2)3)19-28(36)32-27-18-26(22-10-6-5-7-11-22)33-35(27)25-15-13-23(30)14-16-25/h5-18,20H,4,19H2,1-3H3,(H,31,37)(H,32,36). The first-order chi connectivity index (χ1) is 17.8. The summed E-state index contributed by atoms with van der Waals surface area (Å²) in [5.41, 5.74) is 3.89. The van der Waals surface area contributed by atoms with Crippen molar-refractivity contribution < 1.29 is 14.0 Å². The molecule has 3 amide bonds. The molecule has 0 aliphatic heterocycles. The number of carbonyl (C=O) groups is 2. The predicted molar refractivity (Wildman–Crippen MR) is 144 cm³/mol. The Bertz CT molecular complexity index is 1370. The second-order valence-electron chi connectivity index (χ2n) is 8.92. The lowest BCUT2D eigenvalue weighted by atomic mass is 10.1. The van der Waals surface area contributed by atoms with E-state index in [1.807, 2.05) is 75.4 Å². The number of hydrogen-bond donors (Lipinski definition) is 2. The van der Waals surface area contributed by atoms with Crippen molar-refractivity contribution in [1.29, 1.82) is 0 Å². The second-order valence-corrected chi connectivity index (χ2v) is 8.92. The van der Waals surface area contributed by atoms with Gasteiger partial charge >= 0.3 is 6.03 Å². The molecule has 0 saturated carbocycles. The number of aryl methyl sites for hydroxylation is 1. The van der Waals surface area contributed by atoms with Gasteiger partial charge in [-0.3, -0.25) is 4.79 Å². The summed E-state index contributed by atoms with van der Waals surface area (Å²) in [5.74, 6) is -0.336. The van der Waals surface area contributed by atoms with Gasteiger partial charge in [0.1, 0.15) is 18.2 Å². The van der Waals surface area contributed by atoms with Crippen LogP contribution in [0.1, 0.15) is 26.3 Å². The van der Waals surface area contributed by atoms with Gasteiger partial charge in [-0.15, -0.1) is 0 Å². The number of rotatable bonds is 8. The van der Waals surface area contributed by atoms with Gasteiger partial charge in [-0.25, -0.2) is 13.9 Å². The topological polar surface area (TPSA) is 79.3 Å². The highest BCUT2D eigenvalue weighted by molar-refractivity contribution is 5.97. The number of benzene rings is 3. The van der Waals surface area contributed by atoms with Crippen molar-refractivity contribution in [1.82, 2.24) is 14.7 Å². The summed E-state index contributed by atoms with van der Waals surface area (Å²) in [7, 11) is 0. The molecular formula is C29H30FN5O2. The Morgan fingerprint density at radius 1 is 0.946 bits per heavy atom. The van der Waals surface area contributed by atoms with Gasteiger partial charge in [0, 0.05) is 23.4 Å². The first-order valence-corrected chi connectivity index (χ1v) is 12.2. The van der Waals surface area contributed by atoms with E-state index in [0.717, 1.165) is 17.5 Å². The summed E-state index contributed by atoms with van der Waals surface area (Å²) in [4.78, 5) is 27.6.